The van der Waals surface area contributed by atoms with Crippen LogP contribution >= 0.6 is 0 Å². The largest absolute Gasteiger partial charge is 0.371 e. The van der Waals surface area contributed by atoms with Crippen molar-refractivity contribution in [3.8, 4) is 0 Å². The summed E-state index contributed by atoms with van der Waals surface area (Å²) < 4.78 is 0. The van der Waals surface area contributed by atoms with E-state index in [1.54, 1.807) is 0 Å². The van der Waals surface area contributed by atoms with E-state index in [9.17, 15) is 4.79 Å². The van der Waals surface area contributed by atoms with Crippen molar-refractivity contribution >= 4 is 17.2 Å². The smallest absolute Gasteiger partial charge is 0.197 e. The Kier molecular flexibility index (Phi) is 6.42. The number of para-hydroxylation sites is 2. The molecule has 0 aromatic heterocycles. The molecule has 24 heavy (non-hydrogen) atoms. The van der Waals surface area contributed by atoms with Gasteiger partial charge in [-0.3, -0.25) is 4.79 Å². The molecule has 3 nitrogen and oxygen atoms in total. The van der Waals surface area contributed by atoms with Gasteiger partial charge in [-0.15, -0.1) is 0 Å². The van der Waals surface area contributed by atoms with E-state index in [-0.39, 0.29) is 5.78 Å². The molecule has 0 unspecified atom stereocenters. The summed E-state index contributed by atoms with van der Waals surface area (Å²) in [4.78, 5) is 17.8. The molecule has 0 radical (unpaired) electrons. The molecule has 0 atom stereocenters. The minimum Gasteiger partial charge on any atom is -0.371 e. The zero-order valence-corrected chi connectivity index (χ0v) is 15.2. The predicted molar refractivity (Wildman–Crippen MR) is 103 cm³/mol. The minimum absolute atomic E-state index is 0.0972. The van der Waals surface area contributed by atoms with Gasteiger partial charge < -0.3 is 9.80 Å². The lowest BCUT2D eigenvalue weighted by Gasteiger charge is -2.26. The molecular formula is C21H28N2O. The lowest BCUT2D eigenvalue weighted by atomic mass is 9.98. The van der Waals surface area contributed by atoms with Crippen LogP contribution in [0.1, 0.15) is 43.6 Å². The molecule has 0 saturated heterocycles. The Labute approximate surface area is 145 Å². The predicted octanol–water partition coefficient (Wildman–Crippen LogP) is 4.61. The third kappa shape index (κ3) is 3.61. The van der Waals surface area contributed by atoms with Crippen molar-refractivity contribution in [3.63, 3.8) is 0 Å². The number of benzene rings is 2. The van der Waals surface area contributed by atoms with E-state index in [2.05, 4.69) is 37.5 Å². The molecule has 128 valence electrons. The highest BCUT2D eigenvalue weighted by Gasteiger charge is 2.20. The first-order chi connectivity index (χ1) is 11.7. The molecule has 0 amide bonds. The third-order valence-corrected chi connectivity index (χ3v) is 4.51. The zero-order chi connectivity index (χ0) is 17.5. The number of nitrogens with zero attached hydrogens (tertiary/aromatic N) is 2. The maximum absolute atomic E-state index is 13.3. The quantitative estimate of drug-likeness (QED) is 0.663. The third-order valence-electron chi connectivity index (χ3n) is 4.51. The second-order valence-electron chi connectivity index (χ2n) is 5.71. The first-order valence-electron chi connectivity index (χ1n) is 8.90. The molecule has 0 fully saturated rings. The summed E-state index contributed by atoms with van der Waals surface area (Å²) in [7, 11) is 0. The van der Waals surface area contributed by atoms with Gasteiger partial charge in [-0.2, -0.15) is 0 Å². The highest BCUT2D eigenvalue weighted by Crippen LogP contribution is 2.28. The highest BCUT2D eigenvalue weighted by atomic mass is 16.1. The fraction of sp³-hybridized carbons (Fsp3) is 0.381. The van der Waals surface area contributed by atoms with Gasteiger partial charge in [0.15, 0.2) is 5.78 Å². The van der Waals surface area contributed by atoms with Crippen LogP contribution in [-0.2, 0) is 0 Å². The van der Waals surface area contributed by atoms with Gasteiger partial charge in [0.25, 0.3) is 0 Å². The van der Waals surface area contributed by atoms with E-state index in [0.717, 1.165) is 48.7 Å². The van der Waals surface area contributed by atoms with Crippen molar-refractivity contribution in [2.45, 2.75) is 27.7 Å². The first-order valence-corrected chi connectivity index (χ1v) is 8.90. The van der Waals surface area contributed by atoms with Crippen molar-refractivity contribution < 1.29 is 4.79 Å². The Balaban J connectivity index is 2.51. The minimum atomic E-state index is 0.0972. The Morgan fingerprint density at radius 1 is 0.667 bits per heavy atom. The van der Waals surface area contributed by atoms with Crippen LogP contribution in [0.15, 0.2) is 48.5 Å². The fourth-order valence-electron chi connectivity index (χ4n) is 3.16. The van der Waals surface area contributed by atoms with Crippen LogP contribution in [0.2, 0.25) is 0 Å². The van der Waals surface area contributed by atoms with Gasteiger partial charge in [0, 0.05) is 48.7 Å². The lowest BCUT2D eigenvalue weighted by Crippen LogP contribution is -2.26. The van der Waals surface area contributed by atoms with Crippen molar-refractivity contribution in [1.29, 1.82) is 0 Å². The summed E-state index contributed by atoms with van der Waals surface area (Å²) in [6, 6.07) is 15.9. The van der Waals surface area contributed by atoms with Gasteiger partial charge in [-0.25, -0.2) is 0 Å². The van der Waals surface area contributed by atoms with Crippen molar-refractivity contribution in [2.24, 2.45) is 0 Å². The molecule has 3 heteroatoms. The van der Waals surface area contributed by atoms with E-state index in [4.69, 9.17) is 0 Å². The number of ketones is 1. The van der Waals surface area contributed by atoms with E-state index < -0.39 is 0 Å². The summed E-state index contributed by atoms with van der Waals surface area (Å²) in [5.41, 5.74) is 3.59. The molecule has 0 saturated carbocycles. The zero-order valence-electron chi connectivity index (χ0n) is 15.2. The van der Waals surface area contributed by atoms with Crippen LogP contribution < -0.4 is 9.80 Å². The SMILES string of the molecule is CCN(CC)c1ccccc1C(=O)c1ccccc1N(CC)CC. The standard InChI is InChI=1S/C21H28N2O/c1-5-22(6-2)19-15-11-9-13-17(19)21(24)18-14-10-12-16-20(18)23(7-3)8-4/h9-16H,5-8H2,1-4H3. The second kappa shape index (κ2) is 8.53. The maximum atomic E-state index is 13.3. The number of carbonyl (C=O) groups is 1. The Morgan fingerprint density at radius 3 is 1.33 bits per heavy atom. The van der Waals surface area contributed by atoms with Gasteiger partial charge in [-0.05, 0) is 52.0 Å². The van der Waals surface area contributed by atoms with E-state index in [0.29, 0.717) is 0 Å². The summed E-state index contributed by atoms with van der Waals surface area (Å²) in [6.45, 7) is 12.0. The number of hydrogen-bond acceptors (Lipinski definition) is 3. The average Bonchev–Trinajstić information content (AvgIpc) is 2.64. The normalized spacial score (nSPS) is 10.5. The van der Waals surface area contributed by atoms with E-state index in [1.807, 2.05) is 48.5 Å². The topological polar surface area (TPSA) is 23.6 Å². The molecule has 0 heterocycles. The van der Waals surface area contributed by atoms with Gasteiger partial charge >= 0.3 is 0 Å². The van der Waals surface area contributed by atoms with Gasteiger partial charge in [-0.1, -0.05) is 24.3 Å². The van der Waals surface area contributed by atoms with Crippen molar-refractivity contribution in [1.82, 2.24) is 0 Å². The van der Waals surface area contributed by atoms with Crippen LogP contribution in [0.3, 0.4) is 0 Å². The molecule has 0 N–H and O–H groups in total. The van der Waals surface area contributed by atoms with Gasteiger partial charge in [0.1, 0.15) is 0 Å². The van der Waals surface area contributed by atoms with Gasteiger partial charge in [0.05, 0.1) is 0 Å². The summed E-state index contributed by atoms with van der Waals surface area (Å²) >= 11 is 0. The Hall–Kier alpha value is -2.29. The molecule has 0 aliphatic rings. The molecular weight excluding hydrogens is 296 g/mol. The van der Waals surface area contributed by atoms with Crippen LogP contribution in [-0.4, -0.2) is 32.0 Å². The van der Waals surface area contributed by atoms with Crippen LogP contribution in [0.25, 0.3) is 0 Å². The number of rotatable bonds is 8. The molecule has 0 spiro atoms. The van der Waals surface area contributed by atoms with Crippen LogP contribution in [0.4, 0.5) is 11.4 Å². The van der Waals surface area contributed by atoms with Crippen molar-refractivity contribution in [3.05, 3.63) is 59.7 Å². The summed E-state index contributed by atoms with van der Waals surface area (Å²) in [5.74, 6) is 0.0972. The highest BCUT2D eigenvalue weighted by molar-refractivity contribution is 6.15. The van der Waals surface area contributed by atoms with Gasteiger partial charge in [0.2, 0.25) is 0 Å². The Bertz CT molecular complexity index is 616. The summed E-state index contributed by atoms with van der Waals surface area (Å²) in [6.07, 6.45) is 0. The Morgan fingerprint density at radius 2 is 1.00 bits per heavy atom. The monoisotopic (exact) mass is 324 g/mol. The summed E-state index contributed by atoms with van der Waals surface area (Å²) in [5, 5.41) is 0. The van der Waals surface area contributed by atoms with Crippen LogP contribution in [0.5, 0.6) is 0 Å². The lowest BCUT2D eigenvalue weighted by molar-refractivity contribution is 0.103. The maximum Gasteiger partial charge on any atom is 0.197 e. The number of anilines is 2. The molecule has 2 aromatic rings. The molecule has 2 rings (SSSR count). The second-order valence-corrected chi connectivity index (χ2v) is 5.71. The number of hydrogen-bond donors (Lipinski definition) is 0. The average molecular weight is 324 g/mol. The fourth-order valence-corrected chi connectivity index (χ4v) is 3.16. The molecule has 0 bridgehead atoms. The molecule has 0 aliphatic heterocycles. The van der Waals surface area contributed by atoms with Crippen LogP contribution in [0, 0.1) is 0 Å². The molecule has 2 aromatic carbocycles. The number of carbonyl (C=O) groups excluding carboxylic acids is 1. The first kappa shape index (κ1) is 18.1. The van der Waals surface area contributed by atoms with Crippen molar-refractivity contribution in [2.75, 3.05) is 36.0 Å². The van der Waals surface area contributed by atoms with E-state index in [1.165, 1.54) is 0 Å². The molecule has 0 aliphatic carbocycles. The van der Waals surface area contributed by atoms with E-state index >= 15 is 0 Å².